The molecule has 0 saturated heterocycles. The van der Waals surface area contributed by atoms with Crippen LogP contribution in [0.25, 0.3) is 20.8 Å². The highest BCUT2D eigenvalue weighted by molar-refractivity contribution is 7.21. The number of nitrogens with zero attached hydrogens (tertiary/aromatic N) is 1. The Hall–Kier alpha value is -2.73. The minimum atomic E-state index is -0.828. The van der Waals surface area contributed by atoms with Crippen molar-refractivity contribution in [2.24, 2.45) is 0 Å². The third kappa shape index (κ3) is 4.67. The highest BCUT2D eigenvalue weighted by Crippen LogP contribution is 2.31. The highest BCUT2D eigenvalue weighted by Gasteiger charge is 2.08. The molecule has 0 fully saturated rings. The summed E-state index contributed by atoms with van der Waals surface area (Å²) in [6.45, 7) is 2.07. The molecule has 6 heteroatoms. The SMILES string of the molecule is Cc1ccc2nc(-c3ccc(NC(=O)CCCCC(=O)O)cc3)sc2c1. The molecule has 1 heterocycles. The summed E-state index contributed by atoms with van der Waals surface area (Å²) in [6.07, 6.45) is 1.51. The lowest BCUT2D eigenvalue weighted by molar-refractivity contribution is -0.137. The van der Waals surface area contributed by atoms with E-state index in [2.05, 4.69) is 29.4 Å². The number of carboxylic acids is 1. The Morgan fingerprint density at radius 2 is 1.81 bits per heavy atom. The zero-order valence-electron chi connectivity index (χ0n) is 14.5. The van der Waals surface area contributed by atoms with Crippen LogP contribution in [0.15, 0.2) is 42.5 Å². The van der Waals surface area contributed by atoms with Crippen LogP contribution in [0.2, 0.25) is 0 Å². The molecule has 0 spiro atoms. The first-order chi connectivity index (χ1) is 12.5. The molecule has 0 atom stereocenters. The summed E-state index contributed by atoms with van der Waals surface area (Å²) in [7, 11) is 0. The van der Waals surface area contributed by atoms with Gasteiger partial charge in [-0.1, -0.05) is 6.07 Å². The molecule has 1 amide bonds. The quantitative estimate of drug-likeness (QED) is 0.584. The standard InChI is InChI=1S/C20H20N2O3S/c1-13-6-11-16-17(12-13)26-20(22-16)14-7-9-15(10-8-14)21-18(23)4-2-3-5-19(24)25/h6-12H,2-5H2,1H3,(H,21,23)(H,24,25). The number of benzene rings is 2. The number of unbranched alkanes of at least 4 members (excludes halogenated alkanes) is 1. The summed E-state index contributed by atoms with van der Waals surface area (Å²) < 4.78 is 1.17. The zero-order chi connectivity index (χ0) is 18.5. The Balaban J connectivity index is 1.60. The molecular formula is C20H20N2O3S. The fraction of sp³-hybridized carbons (Fsp3) is 0.250. The van der Waals surface area contributed by atoms with Gasteiger partial charge in [-0.25, -0.2) is 4.98 Å². The average molecular weight is 368 g/mol. The second-order valence-corrected chi connectivity index (χ2v) is 7.25. The van der Waals surface area contributed by atoms with Crippen LogP contribution in [0.5, 0.6) is 0 Å². The molecule has 3 aromatic rings. The van der Waals surface area contributed by atoms with E-state index in [1.165, 1.54) is 10.3 Å². The van der Waals surface area contributed by atoms with Crippen LogP contribution < -0.4 is 5.32 Å². The van der Waals surface area contributed by atoms with Crippen molar-refractivity contribution in [1.82, 2.24) is 4.98 Å². The predicted octanol–water partition coefficient (Wildman–Crippen LogP) is 4.86. The van der Waals surface area contributed by atoms with E-state index < -0.39 is 5.97 Å². The number of amides is 1. The van der Waals surface area contributed by atoms with E-state index in [0.717, 1.165) is 21.8 Å². The molecular weight excluding hydrogens is 348 g/mol. The normalized spacial score (nSPS) is 10.8. The van der Waals surface area contributed by atoms with Crippen molar-refractivity contribution in [3.05, 3.63) is 48.0 Å². The number of anilines is 1. The number of aromatic nitrogens is 1. The van der Waals surface area contributed by atoms with Crippen LogP contribution in [0, 0.1) is 6.92 Å². The minimum Gasteiger partial charge on any atom is -0.481 e. The molecule has 5 nitrogen and oxygen atoms in total. The maximum absolute atomic E-state index is 11.9. The van der Waals surface area contributed by atoms with Gasteiger partial charge in [-0.05, 0) is 61.7 Å². The fourth-order valence-corrected chi connectivity index (χ4v) is 3.71. The van der Waals surface area contributed by atoms with Crippen molar-refractivity contribution >= 4 is 39.1 Å². The average Bonchev–Trinajstić information content (AvgIpc) is 3.02. The van der Waals surface area contributed by atoms with Gasteiger partial charge < -0.3 is 10.4 Å². The number of nitrogens with one attached hydrogen (secondary N) is 1. The van der Waals surface area contributed by atoms with Gasteiger partial charge in [0.2, 0.25) is 5.91 Å². The molecule has 0 aliphatic carbocycles. The summed E-state index contributed by atoms with van der Waals surface area (Å²) in [5.74, 6) is -0.926. The van der Waals surface area contributed by atoms with Gasteiger partial charge in [0.05, 0.1) is 10.2 Å². The first-order valence-corrected chi connectivity index (χ1v) is 9.32. The third-order valence-corrected chi connectivity index (χ3v) is 5.07. The summed E-state index contributed by atoms with van der Waals surface area (Å²) >= 11 is 1.65. The Bertz CT molecular complexity index is 932. The molecule has 3 rings (SSSR count). The van der Waals surface area contributed by atoms with Gasteiger partial charge in [0.1, 0.15) is 5.01 Å². The van der Waals surface area contributed by atoms with Gasteiger partial charge in [0.25, 0.3) is 0 Å². The molecule has 26 heavy (non-hydrogen) atoms. The summed E-state index contributed by atoms with van der Waals surface area (Å²) in [4.78, 5) is 27.0. The van der Waals surface area contributed by atoms with Crippen LogP contribution in [-0.4, -0.2) is 22.0 Å². The van der Waals surface area contributed by atoms with Crippen LogP contribution in [0.3, 0.4) is 0 Å². The second kappa shape index (κ2) is 8.10. The lowest BCUT2D eigenvalue weighted by Crippen LogP contribution is -2.11. The van der Waals surface area contributed by atoms with Gasteiger partial charge in [-0.15, -0.1) is 11.3 Å². The van der Waals surface area contributed by atoms with Crippen molar-refractivity contribution in [1.29, 1.82) is 0 Å². The van der Waals surface area contributed by atoms with E-state index >= 15 is 0 Å². The monoisotopic (exact) mass is 368 g/mol. The lowest BCUT2D eigenvalue weighted by Gasteiger charge is -2.05. The number of carbonyl (C=O) groups is 2. The first kappa shape index (κ1) is 18.1. The number of aryl methyl sites for hydroxylation is 1. The number of carboxylic acid groups (broad SMARTS) is 1. The number of thiazole rings is 1. The van der Waals surface area contributed by atoms with E-state index in [1.54, 1.807) is 11.3 Å². The largest absolute Gasteiger partial charge is 0.481 e. The van der Waals surface area contributed by atoms with Crippen molar-refractivity contribution in [2.75, 3.05) is 5.32 Å². The van der Waals surface area contributed by atoms with Crippen molar-refractivity contribution < 1.29 is 14.7 Å². The molecule has 2 N–H and O–H groups in total. The zero-order valence-corrected chi connectivity index (χ0v) is 15.3. The predicted molar refractivity (Wildman–Crippen MR) is 105 cm³/mol. The molecule has 0 aliphatic rings. The van der Waals surface area contributed by atoms with E-state index in [0.29, 0.717) is 19.3 Å². The van der Waals surface area contributed by atoms with Crippen LogP contribution in [-0.2, 0) is 9.59 Å². The summed E-state index contributed by atoms with van der Waals surface area (Å²) in [5.41, 5.74) is 3.96. The molecule has 0 bridgehead atoms. The van der Waals surface area contributed by atoms with E-state index in [4.69, 9.17) is 5.11 Å². The fourth-order valence-electron chi connectivity index (χ4n) is 2.64. The Morgan fingerprint density at radius 1 is 1.08 bits per heavy atom. The van der Waals surface area contributed by atoms with Crippen LogP contribution in [0.4, 0.5) is 5.69 Å². The second-order valence-electron chi connectivity index (χ2n) is 6.22. The van der Waals surface area contributed by atoms with Crippen LogP contribution >= 0.6 is 11.3 Å². The first-order valence-electron chi connectivity index (χ1n) is 8.50. The molecule has 2 aromatic carbocycles. The van der Waals surface area contributed by atoms with Crippen molar-refractivity contribution in [2.45, 2.75) is 32.6 Å². The van der Waals surface area contributed by atoms with Crippen molar-refractivity contribution in [3.63, 3.8) is 0 Å². The highest BCUT2D eigenvalue weighted by atomic mass is 32.1. The van der Waals surface area contributed by atoms with Gasteiger partial charge in [0.15, 0.2) is 0 Å². The number of rotatable bonds is 7. The van der Waals surface area contributed by atoms with Gasteiger partial charge in [0, 0.05) is 24.1 Å². The number of carbonyl (C=O) groups excluding carboxylic acids is 1. The van der Waals surface area contributed by atoms with E-state index in [9.17, 15) is 9.59 Å². The number of fused-ring (bicyclic) bond motifs is 1. The molecule has 0 aliphatic heterocycles. The number of hydrogen-bond donors (Lipinski definition) is 2. The van der Waals surface area contributed by atoms with Gasteiger partial charge in [-0.3, -0.25) is 9.59 Å². The Labute approximate surface area is 155 Å². The maximum Gasteiger partial charge on any atom is 0.303 e. The third-order valence-electron chi connectivity index (χ3n) is 4.00. The van der Waals surface area contributed by atoms with Crippen molar-refractivity contribution in [3.8, 4) is 10.6 Å². The number of aliphatic carboxylic acids is 1. The molecule has 0 unspecified atom stereocenters. The Kier molecular flexibility index (Phi) is 5.63. The van der Waals surface area contributed by atoms with E-state index in [-0.39, 0.29) is 12.3 Å². The maximum atomic E-state index is 11.9. The number of hydrogen-bond acceptors (Lipinski definition) is 4. The molecule has 0 radical (unpaired) electrons. The van der Waals surface area contributed by atoms with E-state index in [1.807, 2.05) is 30.3 Å². The summed E-state index contributed by atoms with van der Waals surface area (Å²) in [6, 6.07) is 13.8. The Morgan fingerprint density at radius 3 is 2.54 bits per heavy atom. The lowest BCUT2D eigenvalue weighted by atomic mass is 10.1. The van der Waals surface area contributed by atoms with Gasteiger partial charge >= 0.3 is 5.97 Å². The smallest absolute Gasteiger partial charge is 0.303 e. The molecule has 134 valence electrons. The molecule has 1 aromatic heterocycles. The molecule has 0 saturated carbocycles. The summed E-state index contributed by atoms with van der Waals surface area (Å²) in [5, 5.41) is 12.4. The topological polar surface area (TPSA) is 79.3 Å². The van der Waals surface area contributed by atoms with Gasteiger partial charge in [-0.2, -0.15) is 0 Å². The van der Waals surface area contributed by atoms with Crippen LogP contribution in [0.1, 0.15) is 31.2 Å². The minimum absolute atomic E-state index is 0.0985.